The molecule has 0 saturated carbocycles. The second-order valence-electron chi connectivity index (χ2n) is 2.08. The topological polar surface area (TPSA) is 50.2 Å². The van der Waals surface area contributed by atoms with Crippen molar-refractivity contribution in [2.45, 2.75) is 0 Å². The molecule has 0 spiro atoms. The summed E-state index contributed by atoms with van der Waals surface area (Å²) in [6.07, 6.45) is 6.96. The summed E-state index contributed by atoms with van der Waals surface area (Å²) < 4.78 is 0. The van der Waals surface area contributed by atoms with Crippen LogP contribution in [0.15, 0.2) is 23.4 Å². The third kappa shape index (κ3) is 1.10. The minimum Gasteiger partial charge on any atom is -0.276 e. The summed E-state index contributed by atoms with van der Waals surface area (Å²) in [6, 6.07) is 1.83. The molecule has 1 aliphatic heterocycles. The highest BCUT2D eigenvalue weighted by molar-refractivity contribution is 5.82. The Morgan fingerprint density at radius 2 is 2.36 bits per heavy atom. The number of nitrogens with zero attached hydrogens (tertiary/aromatic N) is 3. The molecule has 0 atom stereocenters. The van der Waals surface area contributed by atoms with Gasteiger partial charge in [-0.1, -0.05) is 0 Å². The van der Waals surface area contributed by atoms with Gasteiger partial charge in [-0.05, 0) is 18.2 Å². The summed E-state index contributed by atoms with van der Waals surface area (Å²) in [6.45, 7) is 0. The predicted octanol–water partition coefficient (Wildman–Crippen LogP) is 0.901. The maximum absolute atomic E-state index is 3.90. The lowest BCUT2D eigenvalue weighted by Gasteiger charge is -1.98. The molecule has 0 aliphatic carbocycles. The maximum Gasteiger partial charge on any atom is 0.111 e. The normalized spacial score (nSPS) is 13.5. The summed E-state index contributed by atoms with van der Waals surface area (Å²) in [7, 11) is 0. The van der Waals surface area contributed by atoms with Crippen LogP contribution in [0.2, 0.25) is 0 Å². The fourth-order valence-electron chi connectivity index (χ4n) is 0.844. The number of nitrogens with one attached hydrogen (secondary N) is 1. The van der Waals surface area contributed by atoms with Crippen LogP contribution < -0.4 is 5.43 Å². The van der Waals surface area contributed by atoms with Crippen molar-refractivity contribution in [2.24, 2.45) is 5.10 Å². The molecule has 2 rings (SSSR count). The molecule has 0 fully saturated rings. The molecule has 54 valence electrons. The highest BCUT2D eigenvalue weighted by Gasteiger charge is 1.99. The third-order valence-corrected chi connectivity index (χ3v) is 1.35. The lowest BCUT2D eigenvalue weighted by atomic mass is 10.3. The number of aromatic nitrogens is 2. The number of hydrogen-bond donors (Lipinski definition) is 1. The Balaban J connectivity index is 2.52. The molecule has 0 aromatic carbocycles. The van der Waals surface area contributed by atoms with Crippen LogP contribution in [0.3, 0.4) is 0 Å². The molecular weight excluding hydrogens is 140 g/mol. The number of allylic oxidation sites excluding steroid dienone is 1. The Hall–Kier alpha value is -1.71. The Kier molecular flexibility index (Phi) is 1.37. The fraction of sp³-hybridized carbons (Fsp3) is 0. The molecule has 0 bridgehead atoms. The SMILES string of the molecule is C1=Cc2nnccc2NN=C1. The smallest absolute Gasteiger partial charge is 0.111 e. The Morgan fingerprint density at radius 1 is 1.36 bits per heavy atom. The van der Waals surface area contributed by atoms with E-state index < -0.39 is 0 Å². The molecule has 2 heterocycles. The number of hydrazone groups is 1. The van der Waals surface area contributed by atoms with Crippen LogP contribution in [0.1, 0.15) is 5.69 Å². The van der Waals surface area contributed by atoms with Crippen LogP contribution in [0.4, 0.5) is 5.69 Å². The van der Waals surface area contributed by atoms with Gasteiger partial charge in [0.05, 0.1) is 11.9 Å². The van der Waals surface area contributed by atoms with Gasteiger partial charge in [0.2, 0.25) is 0 Å². The summed E-state index contributed by atoms with van der Waals surface area (Å²) in [4.78, 5) is 0. The molecule has 0 unspecified atom stereocenters. The second-order valence-corrected chi connectivity index (χ2v) is 2.08. The first-order valence-electron chi connectivity index (χ1n) is 3.24. The van der Waals surface area contributed by atoms with Gasteiger partial charge in [0.1, 0.15) is 5.69 Å². The standard InChI is InChI=1S/C7H6N4/c1-2-6-7(11-8-4-1)3-5-9-10-6/h1-5,11H. The monoisotopic (exact) mass is 146 g/mol. The first-order chi connectivity index (χ1) is 5.47. The maximum atomic E-state index is 3.90. The van der Waals surface area contributed by atoms with Crippen LogP contribution in [0, 0.1) is 0 Å². The average Bonchev–Trinajstić information content (AvgIpc) is 2.28. The summed E-state index contributed by atoms with van der Waals surface area (Å²) in [5.41, 5.74) is 4.52. The molecule has 11 heavy (non-hydrogen) atoms. The van der Waals surface area contributed by atoms with Crippen LogP contribution in [-0.4, -0.2) is 16.4 Å². The van der Waals surface area contributed by atoms with E-state index in [1.54, 1.807) is 12.4 Å². The lowest BCUT2D eigenvalue weighted by Crippen LogP contribution is -1.93. The molecule has 0 amide bonds. The van der Waals surface area contributed by atoms with E-state index in [9.17, 15) is 0 Å². The van der Waals surface area contributed by atoms with Crippen LogP contribution in [0.25, 0.3) is 6.08 Å². The highest BCUT2D eigenvalue weighted by Crippen LogP contribution is 2.13. The quantitative estimate of drug-likeness (QED) is 0.591. The van der Waals surface area contributed by atoms with Gasteiger partial charge < -0.3 is 0 Å². The van der Waals surface area contributed by atoms with E-state index in [0.717, 1.165) is 11.4 Å². The lowest BCUT2D eigenvalue weighted by molar-refractivity contribution is 1.02. The zero-order valence-corrected chi connectivity index (χ0v) is 5.73. The molecule has 1 aromatic heterocycles. The zero-order valence-electron chi connectivity index (χ0n) is 5.73. The van der Waals surface area contributed by atoms with Gasteiger partial charge in [-0.25, -0.2) is 0 Å². The first kappa shape index (κ1) is 6.03. The summed E-state index contributed by atoms with van der Waals surface area (Å²) in [5.74, 6) is 0. The van der Waals surface area contributed by atoms with Gasteiger partial charge in [0.15, 0.2) is 0 Å². The number of hydrogen-bond acceptors (Lipinski definition) is 4. The zero-order chi connectivity index (χ0) is 7.52. The van der Waals surface area contributed by atoms with Gasteiger partial charge in [0, 0.05) is 6.21 Å². The number of fused-ring (bicyclic) bond motifs is 1. The minimum absolute atomic E-state index is 0.810. The van der Waals surface area contributed by atoms with Crippen molar-refractivity contribution in [2.75, 3.05) is 5.43 Å². The molecule has 0 radical (unpaired) electrons. The van der Waals surface area contributed by atoms with Crippen LogP contribution >= 0.6 is 0 Å². The van der Waals surface area contributed by atoms with Gasteiger partial charge in [-0.2, -0.15) is 10.2 Å². The molecule has 4 heteroatoms. The van der Waals surface area contributed by atoms with Crippen molar-refractivity contribution in [1.82, 2.24) is 10.2 Å². The summed E-state index contributed by atoms with van der Waals surface area (Å²) >= 11 is 0. The number of anilines is 1. The van der Waals surface area contributed by atoms with Gasteiger partial charge in [0.25, 0.3) is 0 Å². The van der Waals surface area contributed by atoms with Crippen molar-refractivity contribution in [3.05, 3.63) is 24.0 Å². The van der Waals surface area contributed by atoms with Gasteiger partial charge in [-0.3, -0.25) is 5.43 Å². The van der Waals surface area contributed by atoms with E-state index in [1.807, 2.05) is 18.2 Å². The van der Waals surface area contributed by atoms with Crippen LogP contribution in [0.5, 0.6) is 0 Å². The Bertz CT molecular complexity index is 316. The largest absolute Gasteiger partial charge is 0.276 e. The van der Waals surface area contributed by atoms with E-state index >= 15 is 0 Å². The van der Waals surface area contributed by atoms with Crippen LogP contribution in [-0.2, 0) is 0 Å². The third-order valence-electron chi connectivity index (χ3n) is 1.35. The Labute approximate surface area is 63.7 Å². The molecule has 0 saturated heterocycles. The van der Waals surface area contributed by atoms with E-state index in [0.29, 0.717) is 0 Å². The first-order valence-corrected chi connectivity index (χ1v) is 3.24. The minimum atomic E-state index is 0.810. The Morgan fingerprint density at radius 3 is 3.36 bits per heavy atom. The molecule has 4 nitrogen and oxygen atoms in total. The predicted molar refractivity (Wildman–Crippen MR) is 43.2 cm³/mol. The van der Waals surface area contributed by atoms with Gasteiger partial charge in [-0.15, -0.1) is 5.10 Å². The van der Waals surface area contributed by atoms with Crippen molar-refractivity contribution >= 4 is 18.0 Å². The van der Waals surface area contributed by atoms with Crippen molar-refractivity contribution < 1.29 is 0 Å². The van der Waals surface area contributed by atoms with Crippen molar-refractivity contribution in [3.8, 4) is 0 Å². The van der Waals surface area contributed by atoms with Gasteiger partial charge >= 0.3 is 0 Å². The molecule has 1 aromatic rings. The van der Waals surface area contributed by atoms with E-state index in [2.05, 4.69) is 20.7 Å². The van der Waals surface area contributed by atoms with E-state index in [4.69, 9.17) is 0 Å². The number of rotatable bonds is 0. The summed E-state index contributed by atoms with van der Waals surface area (Å²) in [5, 5.41) is 11.5. The fourth-order valence-corrected chi connectivity index (χ4v) is 0.844. The molecular formula is C7H6N4. The van der Waals surface area contributed by atoms with Crippen molar-refractivity contribution in [1.29, 1.82) is 0 Å². The van der Waals surface area contributed by atoms with E-state index in [1.165, 1.54) is 0 Å². The highest BCUT2D eigenvalue weighted by atomic mass is 15.3. The second kappa shape index (κ2) is 2.49. The van der Waals surface area contributed by atoms with Crippen molar-refractivity contribution in [3.63, 3.8) is 0 Å². The van der Waals surface area contributed by atoms with E-state index in [-0.39, 0.29) is 0 Å². The molecule has 1 aliphatic rings. The molecule has 1 N–H and O–H groups in total. The average molecular weight is 146 g/mol.